The highest BCUT2D eigenvalue weighted by Crippen LogP contribution is 2.55. The Morgan fingerprint density at radius 2 is 1.12 bits per heavy atom. The van der Waals surface area contributed by atoms with Crippen LogP contribution in [-0.2, 0) is 0 Å². The number of rotatable bonds is 2. The molecule has 4 nitrogen and oxygen atoms in total. The average molecular weight is 320 g/mol. The van der Waals surface area contributed by atoms with Crippen molar-refractivity contribution in [2.24, 2.45) is 0 Å². The van der Waals surface area contributed by atoms with Gasteiger partial charge in [-0.25, -0.2) is 0 Å². The van der Waals surface area contributed by atoms with Gasteiger partial charge < -0.3 is 20.4 Å². The third kappa shape index (κ3) is 2.07. The van der Waals surface area contributed by atoms with Crippen molar-refractivity contribution >= 4 is 0 Å². The van der Waals surface area contributed by atoms with Crippen LogP contribution < -0.4 is 0 Å². The maximum Gasteiger partial charge on any atom is 0.119 e. The number of para-hydroxylation sites is 1. The van der Waals surface area contributed by atoms with Crippen molar-refractivity contribution in [2.75, 3.05) is 0 Å². The highest BCUT2D eigenvalue weighted by Gasteiger charge is 2.38. The zero-order valence-corrected chi connectivity index (χ0v) is 12.7. The van der Waals surface area contributed by atoms with Gasteiger partial charge in [-0.05, 0) is 35.9 Å². The Kier molecular flexibility index (Phi) is 3.13. The summed E-state index contributed by atoms with van der Waals surface area (Å²) in [6.07, 6.45) is 0. The molecule has 2 aliphatic carbocycles. The van der Waals surface area contributed by atoms with E-state index in [1.807, 2.05) is 12.1 Å². The molecular weight excluding hydrogens is 304 g/mol. The van der Waals surface area contributed by atoms with Gasteiger partial charge in [0.15, 0.2) is 0 Å². The molecule has 2 bridgehead atoms. The lowest BCUT2D eigenvalue weighted by Crippen LogP contribution is -2.19. The molecule has 0 fully saturated rings. The van der Waals surface area contributed by atoms with Gasteiger partial charge in [-0.15, -0.1) is 0 Å². The Hall–Kier alpha value is -3.14. The molecule has 2 unspecified atom stereocenters. The Bertz CT molecular complexity index is 915. The fourth-order valence-electron chi connectivity index (χ4n) is 3.62. The lowest BCUT2D eigenvalue weighted by molar-refractivity contribution is 0.417. The zero-order chi connectivity index (χ0) is 16.8. The Balaban J connectivity index is 1.96. The molecule has 0 aromatic heterocycles. The van der Waals surface area contributed by atoms with Crippen LogP contribution in [0.2, 0.25) is 0 Å². The molecule has 4 N–H and O–H groups in total. The average Bonchev–Trinajstić information content (AvgIpc) is 2.57. The van der Waals surface area contributed by atoms with Crippen LogP contribution in [0, 0.1) is 0 Å². The molecule has 0 saturated heterocycles. The molecule has 3 aromatic carbocycles. The summed E-state index contributed by atoms with van der Waals surface area (Å²) in [5, 5.41) is 40.4. The van der Waals surface area contributed by atoms with E-state index in [1.54, 1.807) is 48.5 Å². The van der Waals surface area contributed by atoms with Crippen molar-refractivity contribution in [3.05, 3.63) is 82.9 Å². The molecule has 2 atom stereocenters. The lowest BCUT2D eigenvalue weighted by Gasteiger charge is -2.35. The Morgan fingerprint density at radius 1 is 0.542 bits per heavy atom. The molecule has 5 rings (SSSR count). The van der Waals surface area contributed by atoms with Crippen LogP contribution >= 0.6 is 0 Å². The molecule has 0 heterocycles. The van der Waals surface area contributed by atoms with Crippen LogP contribution in [0.3, 0.4) is 0 Å². The highest BCUT2D eigenvalue weighted by molar-refractivity contribution is 5.62. The van der Waals surface area contributed by atoms with Gasteiger partial charge in [0.25, 0.3) is 0 Å². The highest BCUT2D eigenvalue weighted by atomic mass is 16.3. The van der Waals surface area contributed by atoms with Gasteiger partial charge in [-0.3, -0.25) is 0 Å². The van der Waals surface area contributed by atoms with Crippen LogP contribution in [0.4, 0.5) is 0 Å². The molecule has 0 saturated carbocycles. The third-order valence-corrected chi connectivity index (χ3v) is 4.70. The van der Waals surface area contributed by atoms with Crippen LogP contribution in [0.1, 0.15) is 34.1 Å². The van der Waals surface area contributed by atoms with Gasteiger partial charge >= 0.3 is 0 Å². The number of hydrogen-bond donors (Lipinski definition) is 4. The Labute approximate surface area is 138 Å². The van der Waals surface area contributed by atoms with Gasteiger partial charge in [-0.2, -0.15) is 0 Å². The second kappa shape index (κ2) is 5.20. The summed E-state index contributed by atoms with van der Waals surface area (Å²) in [6, 6.07) is 16.9. The van der Waals surface area contributed by atoms with Crippen molar-refractivity contribution in [3.63, 3.8) is 0 Å². The summed E-state index contributed by atoms with van der Waals surface area (Å²) in [5.74, 6) is -0.0395. The summed E-state index contributed by atoms with van der Waals surface area (Å²) < 4.78 is 0. The van der Waals surface area contributed by atoms with E-state index >= 15 is 0 Å². The maximum absolute atomic E-state index is 10.3. The van der Waals surface area contributed by atoms with E-state index in [9.17, 15) is 20.4 Å². The number of phenols is 4. The van der Waals surface area contributed by atoms with E-state index in [1.165, 1.54) is 0 Å². The van der Waals surface area contributed by atoms with Crippen molar-refractivity contribution in [1.29, 1.82) is 0 Å². The number of fused-ring (bicyclic) bond motifs is 3. The lowest BCUT2D eigenvalue weighted by atomic mass is 9.68. The third-order valence-electron chi connectivity index (χ3n) is 4.70. The summed E-state index contributed by atoms with van der Waals surface area (Å²) in [6.45, 7) is 0. The molecular formula is C20H16O4. The number of benzene rings is 3. The topological polar surface area (TPSA) is 80.9 Å². The normalized spacial score (nSPS) is 18.7. The molecule has 0 radical (unpaired) electrons. The first-order chi connectivity index (χ1) is 11.6. The number of aromatic hydroxyl groups is 4. The van der Waals surface area contributed by atoms with Gasteiger partial charge in [0.2, 0.25) is 0 Å². The quantitative estimate of drug-likeness (QED) is 0.542. The monoisotopic (exact) mass is 320 g/mol. The molecule has 0 aliphatic heterocycles. The van der Waals surface area contributed by atoms with E-state index in [-0.39, 0.29) is 34.8 Å². The zero-order valence-electron chi connectivity index (χ0n) is 12.7. The van der Waals surface area contributed by atoms with Gasteiger partial charge in [-0.1, -0.05) is 30.3 Å². The summed E-state index contributed by atoms with van der Waals surface area (Å²) in [4.78, 5) is 0. The molecule has 3 aromatic rings. The number of phenolic OH excluding ortho intramolecular Hbond substituents is 4. The predicted octanol–water partition coefficient (Wildman–Crippen LogP) is 3.79. The standard InChI is InChI=1S/C20H16O4/c21-12-7-5-11(6-8-12)19-14-9-18(24)15(10-17(14)23)20(19)13-3-1-2-4-16(13)22/h1-10,19-24H. The van der Waals surface area contributed by atoms with Gasteiger partial charge in [0.05, 0.1) is 0 Å². The van der Waals surface area contributed by atoms with Gasteiger partial charge in [0.1, 0.15) is 23.0 Å². The van der Waals surface area contributed by atoms with Crippen LogP contribution in [0.15, 0.2) is 60.7 Å². The fourth-order valence-corrected chi connectivity index (χ4v) is 3.62. The van der Waals surface area contributed by atoms with E-state index in [0.717, 1.165) is 5.56 Å². The molecule has 2 aliphatic rings. The van der Waals surface area contributed by atoms with Crippen molar-refractivity contribution in [3.8, 4) is 23.0 Å². The first-order valence-electron chi connectivity index (χ1n) is 7.69. The van der Waals surface area contributed by atoms with E-state index < -0.39 is 0 Å². The largest absolute Gasteiger partial charge is 0.508 e. The minimum Gasteiger partial charge on any atom is -0.508 e. The minimum absolute atomic E-state index is 0.103. The molecule has 0 amide bonds. The predicted molar refractivity (Wildman–Crippen MR) is 89.7 cm³/mol. The van der Waals surface area contributed by atoms with E-state index in [4.69, 9.17) is 0 Å². The van der Waals surface area contributed by atoms with E-state index in [0.29, 0.717) is 16.7 Å². The van der Waals surface area contributed by atoms with Crippen LogP contribution in [0.25, 0.3) is 0 Å². The first kappa shape index (κ1) is 14.5. The molecule has 4 heteroatoms. The SMILES string of the molecule is Oc1ccc(C2c3cc(O)c(cc3O)C2c2ccccc2O)cc1. The van der Waals surface area contributed by atoms with Crippen molar-refractivity contribution < 1.29 is 20.4 Å². The second-order valence-corrected chi connectivity index (χ2v) is 6.08. The van der Waals surface area contributed by atoms with Crippen LogP contribution in [0.5, 0.6) is 23.0 Å². The fraction of sp³-hybridized carbons (Fsp3) is 0.100. The smallest absolute Gasteiger partial charge is 0.119 e. The first-order valence-corrected chi connectivity index (χ1v) is 7.69. The molecule has 120 valence electrons. The second-order valence-electron chi connectivity index (χ2n) is 6.08. The maximum atomic E-state index is 10.3. The van der Waals surface area contributed by atoms with Gasteiger partial charge in [0, 0.05) is 28.5 Å². The molecule has 24 heavy (non-hydrogen) atoms. The van der Waals surface area contributed by atoms with Crippen LogP contribution in [-0.4, -0.2) is 20.4 Å². The summed E-state index contributed by atoms with van der Waals surface area (Å²) >= 11 is 0. The summed E-state index contributed by atoms with van der Waals surface area (Å²) in [5.41, 5.74) is 2.74. The Morgan fingerprint density at radius 3 is 1.75 bits per heavy atom. The minimum atomic E-state index is -0.313. The molecule has 0 spiro atoms. The van der Waals surface area contributed by atoms with E-state index in [2.05, 4.69) is 0 Å². The van der Waals surface area contributed by atoms with Crippen molar-refractivity contribution in [2.45, 2.75) is 11.8 Å². The van der Waals surface area contributed by atoms with Crippen molar-refractivity contribution in [1.82, 2.24) is 0 Å². The number of hydrogen-bond acceptors (Lipinski definition) is 4. The summed E-state index contributed by atoms with van der Waals surface area (Å²) in [7, 11) is 0.